The second-order valence-electron chi connectivity index (χ2n) is 5.86. The molecule has 0 bridgehead atoms. The number of hydrogen-bond donors (Lipinski definition) is 1. The number of hydrogen-bond acceptors (Lipinski definition) is 2. The van der Waals surface area contributed by atoms with Crippen LogP contribution < -0.4 is 5.43 Å². The lowest BCUT2D eigenvalue weighted by molar-refractivity contribution is 0.0322. The highest BCUT2D eigenvalue weighted by atomic mass is 19.1. The van der Waals surface area contributed by atoms with E-state index in [1.54, 1.807) is 6.07 Å². The van der Waals surface area contributed by atoms with E-state index in [1.165, 1.54) is 25.3 Å². The third-order valence-corrected chi connectivity index (χ3v) is 4.05. The van der Waals surface area contributed by atoms with Crippen LogP contribution in [0.5, 0.6) is 0 Å². The molecule has 2 nitrogen and oxygen atoms in total. The number of hydrazine groups is 1. The highest BCUT2D eigenvalue weighted by Crippen LogP contribution is 2.21. The fourth-order valence-electron chi connectivity index (χ4n) is 2.97. The van der Waals surface area contributed by atoms with Gasteiger partial charge >= 0.3 is 0 Å². The van der Waals surface area contributed by atoms with E-state index in [0.29, 0.717) is 12.1 Å². The van der Waals surface area contributed by atoms with Gasteiger partial charge in [-0.1, -0.05) is 24.6 Å². The van der Waals surface area contributed by atoms with Gasteiger partial charge in [-0.2, -0.15) is 0 Å². The zero-order valence-corrected chi connectivity index (χ0v) is 12.2. The van der Waals surface area contributed by atoms with Crippen molar-refractivity contribution in [3.63, 3.8) is 0 Å². The minimum atomic E-state index is -0.101. The van der Waals surface area contributed by atoms with Crippen molar-refractivity contribution in [1.82, 2.24) is 10.4 Å². The van der Waals surface area contributed by atoms with Crippen LogP contribution in [0.4, 0.5) is 4.39 Å². The molecule has 0 aromatic heterocycles. The van der Waals surface area contributed by atoms with Gasteiger partial charge in [0.1, 0.15) is 5.82 Å². The van der Waals surface area contributed by atoms with Crippen LogP contribution in [0, 0.1) is 5.82 Å². The van der Waals surface area contributed by atoms with Crippen LogP contribution in [0.1, 0.15) is 45.6 Å². The fourth-order valence-corrected chi connectivity index (χ4v) is 2.97. The van der Waals surface area contributed by atoms with Gasteiger partial charge in [0.2, 0.25) is 0 Å². The van der Waals surface area contributed by atoms with E-state index in [0.717, 1.165) is 12.0 Å². The Balaban J connectivity index is 1.93. The predicted molar refractivity (Wildman–Crippen MR) is 77.3 cm³/mol. The Morgan fingerprint density at radius 3 is 2.53 bits per heavy atom. The lowest BCUT2D eigenvalue weighted by Crippen LogP contribution is -2.55. The lowest BCUT2D eigenvalue weighted by atomic mass is 9.99. The van der Waals surface area contributed by atoms with E-state index < -0.39 is 0 Å². The molecule has 1 saturated heterocycles. The average Bonchev–Trinajstić information content (AvgIpc) is 2.37. The molecule has 1 fully saturated rings. The van der Waals surface area contributed by atoms with Crippen molar-refractivity contribution >= 4 is 0 Å². The first kappa shape index (κ1) is 14.5. The van der Waals surface area contributed by atoms with Gasteiger partial charge in [-0.3, -0.25) is 5.43 Å². The number of nitrogens with zero attached hydrogens (tertiary/aromatic N) is 1. The Hall–Kier alpha value is -0.930. The van der Waals surface area contributed by atoms with Gasteiger partial charge in [0, 0.05) is 18.1 Å². The monoisotopic (exact) mass is 264 g/mol. The number of rotatable bonds is 4. The summed E-state index contributed by atoms with van der Waals surface area (Å²) in [5.74, 6) is -0.101. The van der Waals surface area contributed by atoms with Gasteiger partial charge in [-0.15, -0.1) is 0 Å². The number of benzene rings is 1. The quantitative estimate of drug-likeness (QED) is 0.895. The SMILES string of the molecule is CC(Cc1ccccc1F)NN1C(C)CCCC1C. The molecule has 0 aliphatic carbocycles. The topological polar surface area (TPSA) is 15.3 Å². The van der Waals surface area contributed by atoms with Crippen molar-refractivity contribution in [2.24, 2.45) is 0 Å². The molecule has 19 heavy (non-hydrogen) atoms. The van der Waals surface area contributed by atoms with Crippen LogP contribution in [0.15, 0.2) is 24.3 Å². The van der Waals surface area contributed by atoms with E-state index in [9.17, 15) is 4.39 Å². The molecule has 3 unspecified atom stereocenters. The Bertz CT molecular complexity index is 397. The van der Waals surface area contributed by atoms with Crippen LogP contribution in [0.2, 0.25) is 0 Å². The summed E-state index contributed by atoms with van der Waals surface area (Å²) in [6.07, 6.45) is 4.51. The predicted octanol–water partition coefficient (Wildman–Crippen LogP) is 3.52. The van der Waals surface area contributed by atoms with Gasteiger partial charge in [0.05, 0.1) is 0 Å². The Morgan fingerprint density at radius 2 is 1.89 bits per heavy atom. The average molecular weight is 264 g/mol. The molecule has 1 aromatic carbocycles. The van der Waals surface area contributed by atoms with Gasteiger partial charge in [0.15, 0.2) is 0 Å². The van der Waals surface area contributed by atoms with Crippen LogP contribution in [0.25, 0.3) is 0 Å². The van der Waals surface area contributed by atoms with Crippen molar-refractivity contribution < 1.29 is 4.39 Å². The second kappa shape index (κ2) is 6.49. The van der Waals surface area contributed by atoms with Crippen molar-refractivity contribution in [2.75, 3.05) is 0 Å². The largest absolute Gasteiger partial charge is 0.252 e. The first-order valence-electron chi connectivity index (χ1n) is 7.36. The Labute approximate surface area is 116 Å². The van der Waals surface area contributed by atoms with Crippen molar-refractivity contribution in [1.29, 1.82) is 0 Å². The lowest BCUT2D eigenvalue weighted by Gasteiger charge is -2.41. The minimum Gasteiger partial charge on any atom is -0.252 e. The van der Waals surface area contributed by atoms with Crippen LogP contribution >= 0.6 is 0 Å². The summed E-state index contributed by atoms with van der Waals surface area (Å²) in [4.78, 5) is 0. The molecule has 1 N–H and O–H groups in total. The third kappa shape index (κ3) is 3.77. The van der Waals surface area contributed by atoms with E-state index in [-0.39, 0.29) is 11.9 Å². The molecular weight excluding hydrogens is 239 g/mol. The van der Waals surface area contributed by atoms with E-state index >= 15 is 0 Å². The maximum absolute atomic E-state index is 13.6. The second-order valence-corrected chi connectivity index (χ2v) is 5.86. The summed E-state index contributed by atoms with van der Waals surface area (Å²) in [5.41, 5.74) is 4.35. The summed E-state index contributed by atoms with van der Waals surface area (Å²) >= 11 is 0. The van der Waals surface area contributed by atoms with E-state index in [4.69, 9.17) is 0 Å². The third-order valence-electron chi connectivity index (χ3n) is 4.05. The van der Waals surface area contributed by atoms with Gasteiger partial charge in [-0.25, -0.2) is 9.40 Å². The normalized spacial score (nSPS) is 26.3. The highest BCUT2D eigenvalue weighted by Gasteiger charge is 2.25. The first-order chi connectivity index (χ1) is 9.08. The maximum atomic E-state index is 13.6. The summed E-state index contributed by atoms with van der Waals surface area (Å²) in [6, 6.07) is 8.42. The molecule has 1 aliphatic heterocycles. The Morgan fingerprint density at radius 1 is 1.26 bits per heavy atom. The van der Waals surface area contributed by atoms with E-state index in [1.807, 2.05) is 12.1 Å². The summed E-state index contributed by atoms with van der Waals surface area (Å²) in [7, 11) is 0. The molecule has 3 heteroatoms. The molecule has 1 heterocycles. The zero-order chi connectivity index (χ0) is 13.8. The smallest absolute Gasteiger partial charge is 0.126 e. The first-order valence-corrected chi connectivity index (χ1v) is 7.36. The van der Waals surface area contributed by atoms with Gasteiger partial charge in [-0.05, 0) is 51.7 Å². The fraction of sp³-hybridized carbons (Fsp3) is 0.625. The van der Waals surface area contributed by atoms with Crippen molar-refractivity contribution in [3.05, 3.63) is 35.6 Å². The highest BCUT2D eigenvalue weighted by molar-refractivity contribution is 5.18. The van der Waals surface area contributed by atoms with Crippen LogP contribution in [0.3, 0.4) is 0 Å². The summed E-state index contributed by atoms with van der Waals surface area (Å²) in [5, 5.41) is 2.36. The Kier molecular flexibility index (Phi) is 4.94. The van der Waals surface area contributed by atoms with Gasteiger partial charge < -0.3 is 0 Å². The van der Waals surface area contributed by atoms with Crippen LogP contribution in [-0.2, 0) is 6.42 Å². The minimum absolute atomic E-state index is 0.101. The zero-order valence-electron chi connectivity index (χ0n) is 12.2. The molecule has 1 aliphatic rings. The number of piperidine rings is 1. The van der Waals surface area contributed by atoms with Gasteiger partial charge in [0.25, 0.3) is 0 Å². The molecule has 0 saturated carbocycles. The van der Waals surface area contributed by atoms with Crippen molar-refractivity contribution in [3.8, 4) is 0 Å². The summed E-state index contributed by atoms with van der Waals surface area (Å²) in [6.45, 7) is 6.65. The number of halogens is 1. The maximum Gasteiger partial charge on any atom is 0.126 e. The van der Waals surface area contributed by atoms with E-state index in [2.05, 4.69) is 31.2 Å². The molecule has 3 atom stereocenters. The molecule has 106 valence electrons. The molecule has 0 amide bonds. The number of nitrogens with one attached hydrogen (secondary N) is 1. The molecule has 0 radical (unpaired) electrons. The van der Waals surface area contributed by atoms with Crippen molar-refractivity contribution in [2.45, 2.75) is 64.6 Å². The molecular formula is C16H25FN2. The molecule has 2 rings (SSSR count). The standard InChI is InChI=1S/C16H25FN2/c1-12(11-15-9-4-5-10-16(15)17)18-19-13(2)7-6-8-14(19)3/h4-5,9-10,12-14,18H,6-8,11H2,1-3H3. The van der Waals surface area contributed by atoms with Crippen LogP contribution in [-0.4, -0.2) is 23.1 Å². The summed E-state index contributed by atoms with van der Waals surface area (Å²) < 4.78 is 13.6. The molecule has 1 aromatic rings. The molecule has 0 spiro atoms.